The van der Waals surface area contributed by atoms with E-state index in [2.05, 4.69) is 10.3 Å². The second kappa shape index (κ2) is 8.24. The van der Waals surface area contributed by atoms with Crippen molar-refractivity contribution in [1.82, 2.24) is 24.8 Å². The Balaban J connectivity index is 1.30. The first-order valence-corrected chi connectivity index (χ1v) is 12.3. The number of aromatic nitrogens is 4. The van der Waals surface area contributed by atoms with Gasteiger partial charge in [0.1, 0.15) is 0 Å². The topological polar surface area (TPSA) is 86.3 Å². The van der Waals surface area contributed by atoms with Crippen LogP contribution < -0.4 is 0 Å². The summed E-state index contributed by atoms with van der Waals surface area (Å²) in [6.07, 6.45) is 7.31. The van der Waals surface area contributed by atoms with E-state index in [4.69, 9.17) is 14.2 Å². The number of hydrogen-bond acceptors (Lipinski definition) is 6. The number of carbonyl (C=O) groups excluding carboxylic acids is 1. The third-order valence-corrected chi connectivity index (χ3v) is 7.69. The van der Waals surface area contributed by atoms with Gasteiger partial charge in [-0.05, 0) is 44.1 Å². The minimum Gasteiger partial charge on any atom is -0.381 e. The number of fused-ring (bicyclic) bond motifs is 1. The van der Waals surface area contributed by atoms with Crippen LogP contribution in [0.1, 0.15) is 73.1 Å². The van der Waals surface area contributed by atoms with Gasteiger partial charge in [-0.2, -0.15) is 10.1 Å². The average Bonchev–Trinajstić information content (AvgIpc) is 3.40. The van der Waals surface area contributed by atoms with Crippen molar-refractivity contribution in [2.24, 2.45) is 13.0 Å². The van der Waals surface area contributed by atoms with Crippen LogP contribution in [0.5, 0.6) is 0 Å². The van der Waals surface area contributed by atoms with Crippen LogP contribution in [0.2, 0.25) is 0 Å². The fourth-order valence-corrected chi connectivity index (χ4v) is 5.70. The lowest BCUT2D eigenvalue weighted by Crippen LogP contribution is -2.49. The largest absolute Gasteiger partial charge is 0.381 e. The normalized spacial score (nSPS) is 24.5. The van der Waals surface area contributed by atoms with Crippen LogP contribution in [0.3, 0.4) is 0 Å². The number of carbonyl (C=O) groups is 1. The van der Waals surface area contributed by atoms with Gasteiger partial charge in [0.2, 0.25) is 5.89 Å². The van der Waals surface area contributed by atoms with Gasteiger partial charge in [0.15, 0.2) is 11.5 Å². The van der Waals surface area contributed by atoms with Gasteiger partial charge >= 0.3 is 0 Å². The molecule has 1 unspecified atom stereocenters. The highest BCUT2D eigenvalue weighted by Gasteiger charge is 2.46. The number of para-hydroxylation sites is 1. The van der Waals surface area contributed by atoms with E-state index >= 15 is 0 Å². The molecule has 4 heterocycles. The Morgan fingerprint density at radius 3 is 2.82 bits per heavy atom. The Labute approximate surface area is 193 Å². The lowest BCUT2D eigenvalue weighted by atomic mass is 9.74. The third-order valence-electron chi connectivity index (χ3n) is 7.69. The molecule has 0 spiro atoms. The van der Waals surface area contributed by atoms with Crippen molar-refractivity contribution in [3.05, 3.63) is 41.7 Å². The van der Waals surface area contributed by atoms with E-state index in [0.717, 1.165) is 74.5 Å². The number of benzene rings is 1. The zero-order valence-electron chi connectivity index (χ0n) is 19.2. The summed E-state index contributed by atoms with van der Waals surface area (Å²) in [5.74, 6) is 2.50. The molecule has 8 nitrogen and oxygen atoms in total. The van der Waals surface area contributed by atoms with Crippen molar-refractivity contribution >= 4 is 16.8 Å². The van der Waals surface area contributed by atoms with E-state index in [1.807, 2.05) is 36.2 Å². The van der Waals surface area contributed by atoms with Crippen molar-refractivity contribution in [2.75, 3.05) is 26.3 Å². The van der Waals surface area contributed by atoms with E-state index in [9.17, 15) is 4.79 Å². The number of hydrogen-bond donors (Lipinski definition) is 0. The molecule has 0 bridgehead atoms. The van der Waals surface area contributed by atoms with Crippen LogP contribution in [-0.4, -0.2) is 57.0 Å². The molecule has 6 rings (SSSR count). The molecule has 33 heavy (non-hydrogen) atoms. The van der Waals surface area contributed by atoms with Crippen LogP contribution in [0.25, 0.3) is 10.9 Å². The van der Waals surface area contributed by atoms with E-state index in [0.29, 0.717) is 18.2 Å². The lowest BCUT2D eigenvalue weighted by Gasteiger charge is -2.41. The molecule has 3 aliphatic rings. The number of aryl methyl sites for hydroxylation is 1. The van der Waals surface area contributed by atoms with Gasteiger partial charge in [-0.15, -0.1) is 0 Å². The number of ether oxygens (including phenoxy) is 1. The summed E-state index contributed by atoms with van der Waals surface area (Å²) in [6, 6.07) is 7.93. The zero-order chi connectivity index (χ0) is 22.4. The molecule has 0 N–H and O–H groups in total. The molecule has 2 aromatic heterocycles. The summed E-state index contributed by atoms with van der Waals surface area (Å²) in [4.78, 5) is 20.6. The molecule has 174 valence electrons. The summed E-state index contributed by atoms with van der Waals surface area (Å²) in [6.45, 7) is 2.85. The number of likely N-dealkylation sites (tertiary alicyclic amines) is 1. The van der Waals surface area contributed by atoms with Gasteiger partial charge in [0, 0.05) is 44.7 Å². The molecule has 1 amide bonds. The predicted molar refractivity (Wildman–Crippen MR) is 122 cm³/mol. The molecule has 3 aromatic rings. The van der Waals surface area contributed by atoms with E-state index in [-0.39, 0.29) is 17.2 Å². The smallest absolute Gasteiger partial charge is 0.275 e. The molecule has 8 heteroatoms. The van der Waals surface area contributed by atoms with Crippen LogP contribution >= 0.6 is 0 Å². The molecule has 1 aromatic carbocycles. The Morgan fingerprint density at radius 1 is 1.18 bits per heavy atom. The van der Waals surface area contributed by atoms with E-state index < -0.39 is 0 Å². The SMILES string of the molecule is Cn1nc(C(=O)N2CCCC(CC3CC3)(c3noc(C4CCOCC4)n3)C2)c2ccccc21. The number of amides is 1. The molecule has 0 radical (unpaired) electrons. The van der Waals surface area contributed by atoms with Gasteiger partial charge in [-0.1, -0.05) is 36.2 Å². The van der Waals surface area contributed by atoms with Gasteiger partial charge in [0.05, 0.1) is 10.9 Å². The third kappa shape index (κ3) is 3.84. The minimum atomic E-state index is -0.243. The summed E-state index contributed by atoms with van der Waals surface area (Å²) < 4.78 is 13.1. The lowest BCUT2D eigenvalue weighted by molar-refractivity contribution is 0.0602. The molecular formula is C25H31N5O3. The van der Waals surface area contributed by atoms with Crippen LogP contribution in [0.4, 0.5) is 0 Å². The maximum Gasteiger partial charge on any atom is 0.275 e. The van der Waals surface area contributed by atoms with Crippen molar-refractivity contribution in [2.45, 2.75) is 56.3 Å². The van der Waals surface area contributed by atoms with E-state index in [1.54, 1.807) is 4.68 Å². The molecular weight excluding hydrogens is 418 g/mol. The van der Waals surface area contributed by atoms with Gasteiger partial charge in [-0.3, -0.25) is 9.48 Å². The molecule has 1 atom stereocenters. The first kappa shape index (κ1) is 20.8. The maximum absolute atomic E-state index is 13.7. The highest BCUT2D eigenvalue weighted by molar-refractivity contribution is 6.04. The second-order valence-corrected chi connectivity index (χ2v) is 10.1. The Kier molecular flexibility index (Phi) is 5.20. The Hall–Kier alpha value is -2.74. The van der Waals surface area contributed by atoms with Crippen molar-refractivity contribution in [3.63, 3.8) is 0 Å². The van der Waals surface area contributed by atoms with Crippen LogP contribution in [0.15, 0.2) is 28.8 Å². The standard InChI is InChI=1S/C25H31N5O3/c1-29-20-6-3-2-5-19(20)21(27-29)23(31)30-12-4-11-25(16-30,15-17-7-8-17)24-26-22(33-28-24)18-9-13-32-14-10-18/h2-3,5-6,17-18H,4,7-16H2,1H3. The van der Waals surface area contributed by atoms with Gasteiger partial charge < -0.3 is 14.2 Å². The Morgan fingerprint density at radius 2 is 2.00 bits per heavy atom. The quantitative estimate of drug-likeness (QED) is 0.589. The van der Waals surface area contributed by atoms with Crippen molar-refractivity contribution in [1.29, 1.82) is 0 Å². The van der Waals surface area contributed by atoms with Crippen molar-refractivity contribution < 1.29 is 14.1 Å². The summed E-state index contributed by atoms with van der Waals surface area (Å²) in [5.41, 5.74) is 1.26. The van der Waals surface area contributed by atoms with Crippen LogP contribution in [-0.2, 0) is 17.2 Å². The maximum atomic E-state index is 13.7. The summed E-state index contributed by atoms with van der Waals surface area (Å²) >= 11 is 0. The molecule has 2 saturated heterocycles. The predicted octanol–water partition coefficient (Wildman–Crippen LogP) is 3.82. The average molecular weight is 450 g/mol. The van der Waals surface area contributed by atoms with Crippen molar-refractivity contribution in [3.8, 4) is 0 Å². The molecule has 3 fully saturated rings. The first-order valence-electron chi connectivity index (χ1n) is 12.3. The fourth-order valence-electron chi connectivity index (χ4n) is 5.70. The zero-order valence-corrected chi connectivity index (χ0v) is 19.2. The van der Waals surface area contributed by atoms with Gasteiger partial charge in [0.25, 0.3) is 5.91 Å². The fraction of sp³-hybridized carbons (Fsp3) is 0.600. The first-order chi connectivity index (χ1) is 16.1. The monoisotopic (exact) mass is 449 g/mol. The molecule has 1 saturated carbocycles. The Bertz CT molecular complexity index is 1160. The highest BCUT2D eigenvalue weighted by Crippen LogP contribution is 2.46. The summed E-state index contributed by atoms with van der Waals surface area (Å²) in [5, 5.41) is 10.00. The minimum absolute atomic E-state index is 0.000167. The highest BCUT2D eigenvalue weighted by atomic mass is 16.5. The number of piperidine rings is 1. The van der Waals surface area contributed by atoms with Crippen LogP contribution in [0, 0.1) is 5.92 Å². The van der Waals surface area contributed by atoms with Gasteiger partial charge in [-0.25, -0.2) is 0 Å². The molecule has 1 aliphatic carbocycles. The number of rotatable bonds is 5. The van der Waals surface area contributed by atoms with E-state index in [1.165, 1.54) is 12.8 Å². The molecule has 2 aliphatic heterocycles. The second-order valence-electron chi connectivity index (χ2n) is 10.1. The number of nitrogens with zero attached hydrogens (tertiary/aromatic N) is 5. The summed E-state index contributed by atoms with van der Waals surface area (Å²) in [7, 11) is 1.89.